The number of rotatable bonds is 30. The minimum absolute atomic E-state index is 0.145. The van der Waals surface area contributed by atoms with Gasteiger partial charge in [-0.05, 0) is 32.1 Å². The number of hydrogen-bond donors (Lipinski definition) is 1. The molecule has 4 nitrogen and oxygen atoms in total. The van der Waals surface area contributed by atoms with Crippen molar-refractivity contribution < 1.29 is 19.4 Å². The molecule has 0 fully saturated rings. The van der Waals surface area contributed by atoms with Crippen molar-refractivity contribution in [2.75, 3.05) is 6.61 Å². The molecule has 1 atom stereocenters. The number of unbranched alkanes of at least 4 members (excludes halogenated alkanes) is 21. The number of allylic oxidation sites excluding steroid dienone is 2. The molecule has 1 N–H and O–H groups in total. The van der Waals surface area contributed by atoms with E-state index in [0.29, 0.717) is 6.42 Å². The standard InChI is InChI=1S/C34H62O4/c1-3-5-6-7-8-9-10-11-12-13-14-15-16-17-18-19-20-21-22-23-24-25-26-27-28-29-32(31-33(35)36)34(37)38-30-4-2/h4,10-11,32H,2-3,5-9,12-31H2,1H3,(H,35,36)/b11-10+. The summed E-state index contributed by atoms with van der Waals surface area (Å²) >= 11 is 0. The van der Waals surface area contributed by atoms with Crippen LogP contribution in [0.25, 0.3) is 0 Å². The summed E-state index contributed by atoms with van der Waals surface area (Å²) in [6, 6.07) is 0. The Labute approximate surface area is 236 Å². The molecule has 1 unspecified atom stereocenters. The van der Waals surface area contributed by atoms with Gasteiger partial charge in [0.15, 0.2) is 0 Å². The van der Waals surface area contributed by atoms with Crippen LogP contribution >= 0.6 is 0 Å². The lowest BCUT2D eigenvalue weighted by molar-refractivity contribution is -0.152. The third kappa shape index (κ3) is 27.5. The van der Waals surface area contributed by atoms with Gasteiger partial charge in [0.05, 0.1) is 12.3 Å². The fraction of sp³-hybridized carbons (Fsp3) is 0.824. The van der Waals surface area contributed by atoms with Gasteiger partial charge in [0.1, 0.15) is 6.61 Å². The Kier molecular flexibility index (Phi) is 28.7. The van der Waals surface area contributed by atoms with Gasteiger partial charge in [-0.15, -0.1) is 0 Å². The van der Waals surface area contributed by atoms with E-state index in [-0.39, 0.29) is 13.0 Å². The average molecular weight is 535 g/mol. The Morgan fingerprint density at radius 3 is 1.45 bits per heavy atom. The fourth-order valence-electron chi connectivity index (χ4n) is 5.00. The Morgan fingerprint density at radius 2 is 1.05 bits per heavy atom. The molecule has 4 heteroatoms. The summed E-state index contributed by atoms with van der Waals surface area (Å²) in [6.07, 6.45) is 37.1. The second kappa shape index (κ2) is 30.0. The summed E-state index contributed by atoms with van der Waals surface area (Å²) in [6.45, 7) is 5.94. The second-order valence-electron chi connectivity index (χ2n) is 11.1. The first-order valence-electron chi connectivity index (χ1n) is 16.3. The van der Waals surface area contributed by atoms with Gasteiger partial charge in [-0.1, -0.05) is 154 Å². The van der Waals surface area contributed by atoms with Crippen LogP contribution in [0, 0.1) is 5.92 Å². The zero-order valence-corrected chi connectivity index (χ0v) is 25.1. The number of carbonyl (C=O) groups is 2. The number of esters is 1. The van der Waals surface area contributed by atoms with Crippen LogP contribution < -0.4 is 0 Å². The Balaban J connectivity index is 3.35. The third-order valence-electron chi connectivity index (χ3n) is 7.41. The van der Waals surface area contributed by atoms with Gasteiger partial charge in [0, 0.05) is 0 Å². The minimum Gasteiger partial charge on any atom is -0.481 e. The van der Waals surface area contributed by atoms with Crippen molar-refractivity contribution in [3.8, 4) is 0 Å². The van der Waals surface area contributed by atoms with E-state index in [0.717, 1.165) is 19.3 Å². The highest BCUT2D eigenvalue weighted by molar-refractivity contribution is 5.79. The summed E-state index contributed by atoms with van der Waals surface area (Å²) in [4.78, 5) is 23.0. The molecular weight excluding hydrogens is 472 g/mol. The molecule has 0 bridgehead atoms. The van der Waals surface area contributed by atoms with Crippen molar-refractivity contribution in [2.24, 2.45) is 5.92 Å². The quantitative estimate of drug-likeness (QED) is 0.0565. The van der Waals surface area contributed by atoms with E-state index < -0.39 is 17.9 Å². The summed E-state index contributed by atoms with van der Waals surface area (Å²) in [7, 11) is 0. The Morgan fingerprint density at radius 1 is 0.658 bits per heavy atom. The first-order valence-corrected chi connectivity index (χ1v) is 16.3. The molecular formula is C34H62O4. The number of aliphatic carboxylic acids is 1. The van der Waals surface area contributed by atoms with Crippen LogP contribution in [0.15, 0.2) is 24.8 Å². The van der Waals surface area contributed by atoms with Crippen molar-refractivity contribution in [1.82, 2.24) is 0 Å². The van der Waals surface area contributed by atoms with E-state index in [1.807, 2.05) is 0 Å². The predicted octanol–water partition coefficient (Wildman–Crippen LogP) is 10.7. The lowest BCUT2D eigenvalue weighted by atomic mass is 9.97. The van der Waals surface area contributed by atoms with Crippen LogP contribution in [0.2, 0.25) is 0 Å². The van der Waals surface area contributed by atoms with Gasteiger partial charge in [-0.2, -0.15) is 0 Å². The molecule has 0 aromatic rings. The number of carbonyl (C=O) groups excluding carboxylic acids is 1. The van der Waals surface area contributed by atoms with Crippen LogP contribution in [-0.2, 0) is 14.3 Å². The lowest BCUT2D eigenvalue weighted by Gasteiger charge is -2.13. The highest BCUT2D eigenvalue weighted by Gasteiger charge is 2.22. The zero-order chi connectivity index (χ0) is 27.9. The van der Waals surface area contributed by atoms with Gasteiger partial charge in [0.25, 0.3) is 0 Å². The summed E-state index contributed by atoms with van der Waals surface area (Å²) in [5.41, 5.74) is 0. The van der Waals surface area contributed by atoms with E-state index in [1.165, 1.54) is 134 Å². The van der Waals surface area contributed by atoms with Crippen molar-refractivity contribution in [1.29, 1.82) is 0 Å². The minimum atomic E-state index is -0.942. The maximum Gasteiger partial charge on any atom is 0.309 e. The van der Waals surface area contributed by atoms with Crippen molar-refractivity contribution in [3.63, 3.8) is 0 Å². The molecule has 0 radical (unpaired) electrons. The van der Waals surface area contributed by atoms with Gasteiger partial charge >= 0.3 is 11.9 Å². The molecule has 0 saturated carbocycles. The van der Waals surface area contributed by atoms with Crippen LogP contribution in [0.5, 0.6) is 0 Å². The maximum absolute atomic E-state index is 12.0. The molecule has 0 aliphatic rings. The molecule has 0 spiro atoms. The molecule has 0 aromatic heterocycles. The van der Waals surface area contributed by atoms with E-state index in [9.17, 15) is 9.59 Å². The number of carboxylic acid groups (broad SMARTS) is 1. The zero-order valence-electron chi connectivity index (χ0n) is 25.1. The third-order valence-corrected chi connectivity index (χ3v) is 7.41. The van der Waals surface area contributed by atoms with Gasteiger partial charge in [-0.3, -0.25) is 9.59 Å². The van der Waals surface area contributed by atoms with Gasteiger partial charge in [-0.25, -0.2) is 0 Å². The first kappa shape index (κ1) is 36.4. The van der Waals surface area contributed by atoms with E-state index >= 15 is 0 Å². The summed E-state index contributed by atoms with van der Waals surface area (Å²) in [5.74, 6) is -1.88. The average Bonchev–Trinajstić information content (AvgIpc) is 2.90. The highest BCUT2D eigenvalue weighted by atomic mass is 16.5. The van der Waals surface area contributed by atoms with Crippen LogP contribution in [0.1, 0.15) is 167 Å². The van der Waals surface area contributed by atoms with Crippen LogP contribution in [0.4, 0.5) is 0 Å². The van der Waals surface area contributed by atoms with Crippen molar-refractivity contribution >= 4 is 11.9 Å². The van der Waals surface area contributed by atoms with Gasteiger partial charge < -0.3 is 9.84 Å². The Hall–Kier alpha value is -1.58. The predicted molar refractivity (Wildman–Crippen MR) is 163 cm³/mol. The molecule has 38 heavy (non-hydrogen) atoms. The van der Waals surface area contributed by atoms with Crippen LogP contribution in [-0.4, -0.2) is 23.7 Å². The topological polar surface area (TPSA) is 63.6 Å². The SMILES string of the molecule is C=CCOC(=O)C(CCCCCCCCCCCCCCCCCC/C=C/CCCCCCC)CC(=O)O. The molecule has 0 aliphatic heterocycles. The monoisotopic (exact) mass is 534 g/mol. The number of carboxylic acids is 1. The number of hydrogen-bond acceptors (Lipinski definition) is 3. The molecule has 0 heterocycles. The van der Waals surface area contributed by atoms with Crippen molar-refractivity contribution in [3.05, 3.63) is 24.8 Å². The summed E-state index contributed by atoms with van der Waals surface area (Å²) < 4.78 is 5.04. The normalized spacial score (nSPS) is 12.1. The van der Waals surface area contributed by atoms with E-state index in [1.54, 1.807) is 0 Å². The fourth-order valence-corrected chi connectivity index (χ4v) is 5.00. The largest absolute Gasteiger partial charge is 0.481 e. The Bertz CT molecular complexity index is 569. The van der Waals surface area contributed by atoms with Crippen molar-refractivity contribution in [2.45, 2.75) is 167 Å². The molecule has 0 aromatic carbocycles. The maximum atomic E-state index is 12.0. The lowest BCUT2D eigenvalue weighted by Crippen LogP contribution is -2.21. The van der Waals surface area contributed by atoms with E-state index in [2.05, 4.69) is 25.7 Å². The van der Waals surface area contributed by atoms with E-state index in [4.69, 9.17) is 9.84 Å². The molecule has 0 amide bonds. The molecule has 0 aliphatic carbocycles. The highest BCUT2D eigenvalue weighted by Crippen LogP contribution is 2.18. The second-order valence-corrected chi connectivity index (χ2v) is 11.1. The molecule has 0 rings (SSSR count). The molecule has 222 valence electrons. The smallest absolute Gasteiger partial charge is 0.309 e. The summed E-state index contributed by atoms with van der Waals surface area (Å²) in [5, 5.41) is 9.02. The number of ether oxygens (including phenoxy) is 1. The van der Waals surface area contributed by atoms with Crippen LogP contribution in [0.3, 0.4) is 0 Å². The first-order chi connectivity index (χ1) is 18.6. The molecule has 0 saturated heterocycles. The van der Waals surface area contributed by atoms with Gasteiger partial charge in [0.2, 0.25) is 0 Å².